The lowest BCUT2D eigenvalue weighted by Gasteiger charge is -2.19. The highest BCUT2D eigenvalue weighted by atomic mass is 28.1. The van der Waals surface area contributed by atoms with Gasteiger partial charge in [-0.05, 0) is 20.8 Å². The molecule has 62 valence electrons. The van der Waals surface area contributed by atoms with Gasteiger partial charge in [-0.15, -0.1) is 0 Å². The molecular formula is C7H12O3Si. The highest BCUT2D eigenvalue weighted by Gasteiger charge is 2.39. The van der Waals surface area contributed by atoms with Crippen molar-refractivity contribution in [3.05, 3.63) is 0 Å². The summed E-state index contributed by atoms with van der Waals surface area (Å²) in [6.07, 6.45) is 0. The lowest BCUT2D eigenvalue weighted by molar-refractivity contribution is -0.135. The predicted octanol–water partition coefficient (Wildman–Crippen LogP) is -0.723. The molecule has 0 unspecified atom stereocenters. The third kappa shape index (κ3) is 1.62. The molecule has 0 atom stereocenters. The number of Topliss-reactive ketones (excluding diaryl/α,β-unsaturated/α-hetero) is 3. The van der Waals surface area contributed by atoms with E-state index in [-0.39, 0.29) is 27.6 Å². The summed E-state index contributed by atoms with van der Waals surface area (Å²) >= 11 is 0. The van der Waals surface area contributed by atoms with Gasteiger partial charge in [0.25, 0.3) is 0 Å². The number of ketones is 3. The zero-order chi connectivity index (χ0) is 9.23. The standard InChI is InChI=1S/C7H12O3Si/c1-4(8)7(11,5(2)9)6(3)10/h1-3,11H3. The van der Waals surface area contributed by atoms with Crippen LogP contribution in [0.2, 0.25) is 5.04 Å². The van der Waals surface area contributed by atoms with Gasteiger partial charge in [0.05, 0.1) is 0 Å². The Morgan fingerprint density at radius 2 is 1.09 bits per heavy atom. The molecule has 0 fully saturated rings. The molecule has 0 saturated heterocycles. The van der Waals surface area contributed by atoms with Crippen LogP contribution in [0.5, 0.6) is 0 Å². The average molecular weight is 172 g/mol. The van der Waals surface area contributed by atoms with E-state index in [0.717, 1.165) is 0 Å². The van der Waals surface area contributed by atoms with Crippen LogP contribution in [0.3, 0.4) is 0 Å². The number of hydrogen-bond acceptors (Lipinski definition) is 3. The van der Waals surface area contributed by atoms with Crippen LogP contribution in [0.25, 0.3) is 0 Å². The number of rotatable bonds is 3. The summed E-state index contributed by atoms with van der Waals surface area (Å²) < 4.78 is 0. The summed E-state index contributed by atoms with van der Waals surface area (Å²) in [6, 6.07) is 0. The Morgan fingerprint density at radius 1 is 0.909 bits per heavy atom. The molecule has 0 saturated carbocycles. The molecule has 0 spiro atoms. The van der Waals surface area contributed by atoms with Gasteiger partial charge >= 0.3 is 0 Å². The summed E-state index contributed by atoms with van der Waals surface area (Å²) in [7, 11) is 0.273. The average Bonchev–Trinajstić information content (AvgIpc) is 1.84. The summed E-state index contributed by atoms with van der Waals surface area (Å²) in [5.74, 6) is -0.988. The highest BCUT2D eigenvalue weighted by molar-refractivity contribution is 6.52. The molecule has 0 N–H and O–H groups in total. The Hall–Kier alpha value is -0.773. The van der Waals surface area contributed by atoms with Gasteiger partial charge < -0.3 is 0 Å². The van der Waals surface area contributed by atoms with Crippen molar-refractivity contribution in [3.8, 4) is 0 Å². The molecule has 0 aliphatic carbocycles. The maximum atomic E-state index is 10.9. The van der Waals surface area contributed by atoms with Gasteiger partial charge in [0, 0.05) is 10.2 Å². The first-order valence-corrected chi connectivity index (χ1v) is 4.36. The fraction of sp³-hybridized carbons (Fsp3) is 0.571. The van der Waals surface area contributed by atoms with Crippen molar-refractivity contribution in [2.45, 2.75) is 25.8 Å². The molecule has 0 radical (unpaired) electrons. The predicted molar refractivity (Wildman–Crippen MR) is 44.7 cm³/mol. The Morgan fingerprint density at radius 3 is 1.09 bits per heavy atom. The van der Waals surface area contributed by atoms with E-state index < -0.39 is 5.04 Å². The van der Waals surface area contributed by atoms with Crippen molar-refractivity contribution in [1.82, 2.24) is 0 Å². The first kappa shape index (κ1) is 10.2. The molecule has 0 amide bonds. The van der Waals surface area contributed by atoms with Gasteiger partial charge in [0.2, 0.25) is 0 Å². The van der Waals surface area contributed by atoms with Gasteiger partial charge in [-0.1, -0.05) is 0 Å². The van der Waals surface area contributed by atoms with Crippen LogP contribution in [-0.2, 0) is 14.4 Å². The summed E-state index contributed by atoms with van der Waals surface area (Å²) in [5, 5.41) is -1.28. The number of carbonyl (C=O) groups excluding carboxylic acids is 3. The molecule has 4 heteroatoms. The Balaban J connectivity index is 4.99. The smallest absolute Gasteiger partial charge is 0.146 e. The van der Waals surface area contributed by atoms with Crippen LogP contribution in [0.1, 0.15) is 20.8 Å². The topological polar surface area (TPSA) is 51.2 Å². The monoisotopic (exact) mass is 172 g/mol. The van der Waals surface area contributed by atoms with Crippen molar-refractivity contribution < 1.29 is 14.4 Å². The van der Waals surface area contributed by atoms with Gasteiger partial charge in [-0.25, -0.2) is 0 Å². The molecule has 0 aromatic heterocycles. The molecule has 0 heterocycles. The largest absolute Gasteiger partial charge is 0.299 e. The van der Waals surface area contributed by atoms with E-state index in [0.29, 0.717) is 0 Å². The first-order valence-electron chi connectivity index (χ1n) is 3.36. The summed E-state index contributed by atoms with van der Waals surface area (Å²) in [6.45, 7) is 3.86. The first-order chi connectivity index (χ1) is 4.83. The Bertz CT molecular complexity index is 184. The minimum atomic E-state index is -1.28. The third-order valence-corrected chi connectivity index (χ3v) is 4.22. The summed E-state index contributed by atoms with van der Waals surface area (Å²) in [5.41, 5.74) is 0. The van der Waals surface area contributed by atoms with Crippen molar-refractivity contribution >= 4 is 27.6 Å². The number of carbonyl (C=O) groups is 3. The molecule has 0 bridgehead atoms. The van der Waals surface area contributed by atoms with Crippen LogP contribution in [-0.4, -0.2) is 27.6 Å². The van der Waals surface area contributed by atoms with Gasteiger partial charge in [-0.2, -0.15) is 0 Å². The molecule has 3 nitrogen and oxygen atoms in total. The van der Waals surface area contributed by atoms with E-state index >= 15 is 0 Å². The molecule has 0 aromatic carbocycles. The third-order valence-electron chi connectivity index (χ3n) is 2.11. The second-order valence-electron chi connectivity index (χ2n) is 2.79. The van der Waals surface area contributed by atoms with Crippen LogP contribution < -0.4 is 0 Å². The zero-order valence-corrected chi connectivity index (χ0v) is 9.22. The molecular weight excluding hydrogens is 160 g/mol. The van der Waals surface area contributed by atoms with E-state index in [2.05, 4.69) is 0 Å². The maximum Gasteiger partial charge on any atom is 0.146 e. The Labute approximate surface area is 68.6 Å². The minimum Gasteiger partial charge on any atom is -0.299 e. The molecule has 0 aliphatic heterocycles. The molecule has 0 rings (SSSR count). The minimum absolute atomic E-state index is 0.273. The van der Waals surface area contributed by atoms with E-state index in [1.165, 1.54) is 20.8 Å². The fourth-order valence-electron chi connectivity index (χ4n) is 0.744. The van der Waals surface area contributed by atoms with E-state index in [9.17, 15) is 14.4 Å². The van der Waals surface area contributed by atoms with Crippen molar-refractivity contribution in [2.75, 3.05) is 0 Å². The van der Waals surface area contributed by atoms with Gasteiger partial charge in [-0.3, -0.25) is 14.4 Å². The van der Waals surface area contributed by atoms with E-state index in [1.54, 1.807) is 0 Å². The van der Waals surface area contributed by atoms with Crippen molar-refractivity contribution in [2.24, 2.45) is 0 Å². The van der Waals surface area contributed by atoms with Gasteiger partial charge in [0.15, 0.2) is 0 Å². The van der Waals surface area contributed by atoms with E-state index in [1.807, 2.05) is 0 Å². The second kappa shape index (κ2) is 3.09. The van der Waals surface area contributed by atoms with Crippen LogP contribution >= 0.6 is 0 Å². The highest BCUT2D eigenvalue weighted by Crippen LogP contribution is 2.24. The SMILES string of the molecule is CC(=O)C([SiH3])(C(C)=O)C(C)=O. The van der Waals surface area contributed by atoms with Crippen LogP contribution in [0.4, 0.5) is 0 Å². The lowest BCUT2D eigenvalue weighted by atomic mass is 9.95. The van der Waals surface area contributed by atoms with Crippen LogP contribution in [0, 0.1) is 0 Å². The maximum absolute atomic E-state index is 10.9. The van der Waals surface area contributed by atoms with Crippen molar-refractivity contribution in [1.29, 1.82) is 0 Å². The molecule has 11 heavy (non-hydrogen) atoms. The summed E-state index contributed by atoms with van der Waals surface area (Å²) in [4.78, 5) is 32.8. The zero-order valence-electron chi connectivity index (χ0n) is 7.22. The normalized spacial score (nSPS) is 11.2. The van der Waals surface area contributed by atoms with Crippen LogP contribution in [0.15, 0.2) is 0 Å². The molecule has 0 aliphatic rings. The molecule has 0 aromatic rings. The Kier molecular flexibility index (Phi) is 2.87. The quantitative estimate of drug-likeness (QED) is 0.417. The second-order valence-corrected chi connectivity index (χ2v) is 4.29. The fourth-order valence-corrected chi connectivity index (χ4v) is 0.744. The van der Waals surface area contributed by atoms with E-state index in [4.69, 9.17) is 0 Å². The van der Waals surface area contributed by atoms with Gasteiger partial charge in [0.1, 0.15) is 22.4 Å². The van der Waals surface area contributed by atoms with Crippen molar-refractivity contribution in [3.63, 3.8) is 0 Å². The lowest BCUT2D eigenvalue weighted by Crippen LogP contribution is -2.36. The number of hydrogen-bond donors (Lipinski definition) is 0.